The van der Waals surface area contributed by atoms with Crippen molar-refractivity contribution in [3.05, 3.63) is 34.9 Å². The molecule has 0 bridgehead atoms. The molecule has 0 aliphatic rings. The van der Waals surface area contributed by atoms with E-state index < -0.39 is 12.6 Å². The topological polar surface area (TPSA) is 107 Å². The monoisotopic (exact) mass is 227 g/mol. The van der Waals surface area contributed by atoms with Gasteiger partial charge in [0.15, 0.2) is 12.6 Å². The van der Waals surface area contributed by atoms with Crippen LogP contribution in [0.25, 0.3) is 0 Å². The summed E-state index contributed by atoms with van der Waals surface area (Å²) in [5.74, 6) is 0. The van der Waals surface area contributed by atoms with E-state index in [4.69, 9.17) is 26.2 Å². The van der Waals surface area contributed by atoms with E-state index in [1.807, 2.05) is 0 Å². The summed E-state index contributed by atoms with van der Waals surface area (Å²) in [4.78, 5) is 0. The van der Waals surface area contributed by atoms with Gasteiger partial charge in [-0.3, -0.25) is 0 Å². The van der Waals surface area contributed by atoms with Crippen molar-refractivity contribution in [1.29, 1.82) is 0 Å². The molecule has 0 saturated carbocycles. The molecule has 6 N–H and O–H groups in total. The molecular formula is C11H17NO4. The Morgan fingerprint density at radius 2 is 1.75 bits per heavy atom. The van der Waals surface area contributed by atoms with E-state index >= 15 is 0 Å². The van der Waals surface area contributed by atoms with Crippen molar-refractivity contribution in [3.8, 4) is 0 Å². The third kappa shape index (κ3) is 3.26. The number of rotatable bonds is 5. The molecule has 5 nitrogen and oxygen atoms in total. The zero-order chi connectivity index (χ0) is 12.1. The van der Waals surface area contributed by atoms with Crippen LogP contribution in [0.4, 0.5) is 0 Å². The molecule has 0 heterocycles. The molecule has 0 aliphatic carbocycles. The van der Waals surface area contributed by atoms with E-state index in [0.717, 1.165) is 0 Å². The number of aliphatic hydroxyl groups is 4. The second-order valence-electron chi connectivity index (χ2n) is 3.60. The highest BCUT2D eigenvalue weighted by Gasteiger charge is 2.12. The maximum atomic E-state index is 9.13. The summed E-state index contributed by atoms with van der Waals surface area (Å²) >= 11 is 0. The molecule has 0 aliphatic heterocycles. The van der Waals surface area contributed by atoms with Crippen molar-refractivity contribution in [2.24, 2.45) is 5.73 Å². The van der Waals surface area contributed by atoms with Crippen LogP contribution in [-0.2, 0) is 6.42 Å². The molecule has 0 aromatic heterocycles. The van der Waals surface area contributed by atoms with Crippen LogP contribution in [0.15, 0.2) is 18.2 Å². The summed E-state index contributed by atoms with van der Waals surface area (Å²) in [7, 11) is 0. The predicted octanol–water partition coefficient (Wildman–Crippen LogP) is -0.456. The number of hydrogen-bond donors (Lipinski definition) is 5. The summed E-state index contributed by atoms with van der Waals surface area (Å²) in [6.07, 6.45) is -1.84. The molecule has 0 amide bonds. The molecule has 1 aromatic rings. The van der Waals surface area contributed by atoms with E-state index in [9.17, 15) is 0 Å². The lowest BCUT2D eigenvalue weighted by Crippen LogP contribution is -2.07. The van der Waals surface area contributed by atoms with Crippen LogP contribution < -0.4 is 5.73 Å². The fourth-order valence-electron chi connectivity index (χ4n) is 1.55. The Bertz CT molecular complexity index is 339. The first-order valence-electron chi connectivity index (χ1n) is 5.11. The minimum Gasteiger partial charge on any atom is -0.364 e. The minimum atomic E-state index is -1.56. The quantitative estimate of drug-likeness (QED) is 0.438. The second kappa shape index (κ2) is 5.93. The largest absolute Gasteiger partial charge is 0.364 e. The number of aliphatic hydroxyl groups excluding tert-OH is 2. The Balaban J connectivity index is 3.01. The molecule has 0 fully saturated rings. The zero-order valence-electron chi connectivity index (χ0n) is 8.87. The molecule has 0 saturated heterocycles. The molecule has 90 valence electrons. The smallest absolute Gasteiger partial charge is 0.178 e. The summed E-state index contributed by atoms with van der Waals surface area (Å²) in [5.41, 5.74) is 6.75. The molecule has 5 heteroatoms. The highest BCUT2D eigenvalue weighted by molar-refractivity contribution is 5.33. The molecule has 1 rings (SSSR count). The molecule has 0 unspecified atom stereocenters. The van der Waals surface area contributed by atoms with Gasteiger partial charge in [-0.15, -0.1) is 0 Å². The van der Waals surface area contributed by atoms with E-state index in [1.165, 1.54) is 12.1 Å². The van der Waals surface area contributed by atoms with Crippen LogP contribution in [-0.4, -0.2) is 27.0 Å². The number of nitrogens with two attached hydrogens (primary N) is 1. The lowest BCUT2D eigenvalue weighted by Gasteiger charge is -2.13. The Labute approximate surface area is 93.8 Å². The van der Waals surface area contributed by atoms with Gasteiger partial charge in [-0.05, 0) is 24.9 Å². The number of benzene rings is 1. The summed E-state index contributed by atoms with van der Waals surface area (Å²) in [6, 6.07) is 4.48. The van der Waals surface area contributed by atoms with E-state index in [2.05, 4.69) is 0 Å². The van der Waals surface area contributed by atoms with Crippen molar-refractivity contribution in [1.82, 2.24) is 0 Å². The Kier molecular flexibility index (Phi) is 4.85. The van der Waals surface area contributed by atoms with Crippen LogP contribution in [0, 0.1) is 0 Å². The normalized spacial score (nSPS) is 11.4. The summed E-state index contributed by atoms with van der Waals surface area (Å²) in [6.45, 7) is 0.493. The van der Waals surface area contributed by atoms with Gasteiger partial charge in [0.05, 0.1) is 0 Å². The van der Waals surface area contributed by atoms with Crippen molar-refractivity contribution in [2.75, 3.05) is 6.54 Å². The zero-order valence-corrected chi connectivity index (χ0v) is 8.87. The second-order valence-corrected chi connectivity index (χ2v) is 3.60. The molecule has 0 atom stereocenters. The Morgan fingerprint density at radius 1 is 1.06 bits per heavy atom. The van der Waals surface area contributed by atoms with Gasteiger partial charge in [-0.1, -0.05) is 18.2 Å². The third-order valence-corrected chi connectivity index (χ3v) is 2.39. The van der Waals surface area contributed by atoms with Gasteiger partial charge in [0.25, 0.3) is 0 Å². The van der Waals surface area contributed by atoms with Gasteiger partial charge in [0, 0.05) is 11.1 Å². The summed E-state index contributed by atoms with van der Waals surface area (Å²) < 4.78 is 0. The average Bonchev–Trinajstić information content (AvgIpc) is 2.25. The fourth-order valence-corrected chi connectivity index (χ4v) is 1.55. The Morgan fingerprint density at radius 3 is 2.25 bits per heavy atom. The van der Waals surface area contributed by atoms with Crippen molar-refractivity contribution in [3.63, 3.8) is 0 Å². The average molecular weight is 227 g/mol. The van der Waals surface area contributed by atoms with Crippen LogP contribution in [0.5, 0.6) is 0 Å². The predicted molar refractivity (Wildman–Crippen MR) is 58.2 cm³/mol. The molecule has 0 spiro atoms. The van der Waals surface area contributed by atoms with E-state index in [0.29, 0.717) is 36.1 Å². The van der Waals surface area contributed by atoms with Crippen LogP contribution in [0.1, 0.15) is 35.7 Å². The van der Waals surface area contributed by atoms with Crippen LogP contribution in [0.3, 0.4) is 0 Å². The van der Waals surface area contributed by atoms with Crippen molar-refractivity contribution < 1.29 is 20.4 Å². The lowest BCUT2D eigenvalue weighted by atomic mass is 9.99. The first kappa shape index (κ1) is 13.1. The number of hydrogen-bond acceptors (Lipinski definition) is 5. The molecular weight excluding hydrogens is 210 g/mol. The van der Waals surface area contributed by atoms with Gasteiger partial charge in [-0.2, -0.15) is 0 Å². The SMILES string of the molecule is NCCCc1cc(C(O)O)ccc1C(O)O. The fraction of sp³-hybridized carbons (Fsp3) is 0.455. The lowest BCUT2D eigenvalue weighted by molar-refractivity contribution is -0.0462. The Hall–Kier alpha value is -0.980. The van der Waals surface area contributed by atoms with E-state index in [-0.39, 0.29) is 0 Å². The first-order valence-corrected chi connectivity index (χ1v) is 5.11. The molecule has 1 aromatic carbocycles. The maximum absolute atomic E-state index is 9.13. The highest BCUT2D eigenvalue weighted by Crippen LogP contribution is 2.21. The molecule has 16 heavy (non-hydrogen) atoms. The minimum absolute atomic E-state index is 0.330. The van der Waals surface area contributed by atoms with Gasteiger partial charge in [0.1, 0.15) is 0 Å². The van der Waals surface area contributed by atoms with Gasteiger partial charge in [-0.25, -0.2) is 0 Å². The molecule has 0 radical (unpaired) electrons. The summed E-state index contributed by atoms with van der Waals surface area (Å²) in [5, 5.41) is 36.3. The number of aryl methyl sites for hydroxylation is 1. The van der Waals surface area contributed by atoms with E-state index in [1.54, 1.807) is 6.07 Å². The van der Waals surface area contributed by atoms with Gasteiger partial charge in [0.2, 0.25) is 0 Å². The van der Waals surface area contributed by atoms with Crippen LogP contribution >= 0.6 is 0 Å². The highest BCUT2D eigenvalue weighted by atomic mass is 16.5. The first-order chi connectivity index (χ1) is 7.56. The maximum Gasteiger partial charge on any atom is 0.178 e. The van der Waals surface area contributed by atoms with Gasteiger partial charge >= 0.3 is 0 Å². The van der Waals surface area contributed by atoms with Crippen LogP contribution in [0.2, 0.25) is 0 Å². The van der Waals surface area contributed by atoms with Gasteiger partial charge < -0.3 is 26.2 Å². The van der Waals surface area contributed by atoms with Crippen molar-refractivity contribution >= 4 is 0 Å². The third-order valence-electron chi connectivity index (χ3n) is 2.39. The van der Waals surface area contributed by atoms with Crippen molar-refractivity contribution in [2.45, 2.75) is 25.4 Å². The standard InChI is InChI=1S/C11H17NO4/c12-5-1-2-7-6-8(10(13)14)3-4-9(7)11(15)16/h3-4,6,10-11,13-16H,1-2,5,12H2.